The van der Waals surface area contributed by atoms with Gasteiger partial charge in [-0.25, -0.2) is 13.1 Å². The predicted molar refractivity (Wildman–Crippen MR) is 75.0 cm³/mol. The topological polar surface area (TPSA) is 64.0 Å². The van der Waals surface area contributed by atoms with Gasteiger partial charge in [-0.05, 0) is 31.6 Å². The molecule has 0 saturated heterocycles. The Balaban J connectivity index is 1.99. The first-order valence-corrected chi connectivity index (χ1v) is 8.51. The molecule has 0 spiro atoms. The maximum absolute atomic E-state index is 12.2. The van der Waals surface area contributed by atoms with E-state index in [4.69, 9.17) is 23.2 Å². The Bertz CT molecular complexity index is 517. The van der Waals surface area contributed by atoms with Crippen molar-refractivity contribution in [3.8, 4) is 0 Å². The van der Waals surface area contributed by atoms with Crippen LogP contribution in [0.3, 0.4) is 0 Å². The first-order valence-electron chi connectivity index (χ1n) is 6.21. The van der Waals surface area contributed by atoms with E-state index in [0.717, 1.165) is 25.7 Å². The first kappa shape index (κ1) is 15.1. The fourth-order valence-corrected chi connectivity index (χ4v) is 4.34. The summed E-state index contributed by atoms with van der Waals surface area (Å²) in [6.07, 6.45) is 5.13. The van der Waals surface area contributed by atoms with Gasteiger partial charge in [0.1, 0.15) is 0 Å². The zero-order valence-electron chi connectivity index (χ0n) is 10.6. The number of alkyl halides is 1. The van der Waals surface area contributed by atoms with Crippen LogP contribution in [-0.2, 0) is 17.1 Å². The third-order valence-corrected chi connectivity index (χ3v) is 5.80. The average Bonchev–Trinajstić information content (AvgIpc) is 2.69. The second-order valence-electron chi connectivity index (χ2n) is 4.89. The quantitative estimate of drug-likeness (QED) is 0.862. The molecular formula is C11H17Cl2N3O2S. The number of hydrogen-bond acceptors (Lipinski definition) is 3. The minimum absolute atomic E-state index is 0.0141. The van der Waals surface area contributed by atoms with Crippen molar-refractivity contribution in [2.75, 3.05) is 6.54 Å². The molecule has 1 heterocycles. The average molecular weight is 326 g/mol. The van der Waals surface area contributed by atoms with Crippen LogP contribution in [0.5, 0.6) is 0 Å². The third-order valence-electron chi connectivity index (χ3n) is 3.44. The molecular weight excluding hydrogens is 309 g/mol. The van der Waals surface area contributed by atoms with E-state index in [1.165, 1.54) is 10.9 Å². The van der Waals surface area contributed by atoms with E-state index in [1.54, 1.807) is 7.05 Å². The number of rotatable bonds is 4. The molecule has 0 aromatic carbocycles. The van der Waals surface area contributed by atoms with Crippen LogP contribution < -0.4 is 4.72 Å². The van der Waals surface area contributed by atoms with E-state index in [9.17, 15) is 8.42 Å². The summed E-state index contributed by atoms with van der Waals surface area (Å²) < 4.78 is 28.2. The minimum Gasteiger partial charge on any atom is -0.255 e. The highest BCUT2D eigenvalue weighted by Gasteiger charge is 2.25. The minimum atomic E-state index is -3.61. The summed E-state index contributed by atoms with van der Waals surface area (Å²) in [5.74, 6) is 0.344. The lowest BCUT2D eigenvalue weighted by atomic mass is 9.89. The first-order chi connectivity index (χ1) is 8.90. The molecule has 0 radical (unpaired) electrons. The van der Waals surface area contributed by atoms with Crippen molar-refractivity contribution in [3.05, 3.63) is 11.2 Å². The van der Waals surface area contributed by atoms with Crippen molar-refractivity contribution < 1.29 is 8.42 Å². The number of nitrogens with zero attached hydrogens (tertiary/aromatic N) is 2. The van der Waals surface area contributed by atoms with Crippen molar-refractivity contribution in [1.82, 2.24) is 14.5 Å². The predicted octanol–water partition coefficient (Wildman–Crippen LogP) is 2.15. The van der Waals surface area contributed by atoms with E-state index < -0.39 is 10.0 Å². The zero-order valence-corrected chi connectivity index (χ0v) is 13.0. The number of aromatic nitrogens is 2. The lowest BCUT2D eigenvalue weighted by Gasteiger charge is -2.24. The van der Waals surface area contributed by atoms with E-state index in [1.807, 2.05) is 0 Å². The third kappa shape index (κ3) is 3.62. The van der Waals surface area contributed by atoms with E-state index in [-0.39, 0.29) is 15.4 Å². The van der Waals surface area contributed by atoms with Crippen molar-refractivity contribution in [2.24, 2.45) is 13.0 Å². The zero-order chi connectivity index (χ0) is 14.0. The van der Waals surface area contributed by atoms with Gasteiger partial charge in [-0.15, -0.1) is 11.6 Å². The molecule has 0 aliphatic heterocycles. The van der Waals surface area contributed by atoms with Crippen LogP contribution in [0.1, 0.15) is 25.7 Å². The maximum Gasteiger partial charge on any atom is 0.259 e. The van der Waals surface area contributed by atoms with Gasteiger partial charge in [-0.2, -0.15) is 5.10 Å². The van der Waals surface area contributed by atoms with Gasteiger partial charge < -0.3 is 0 Å². The van der Waals surface area contributed by atoms with Crippen LogP contribution in [0.25, 0.3) is 0 Å². The van der Waals surface area contributed by atoms with Gasteiger partial charge in [0.2, 0.25) is 0 Å². The molecule has 108 valence electrons. The molecule has 0 unspecified atom stereocenters. The Morgan fingerprint density at radius 2 is 2.05 bits per heavy atom. The van der Waals surface area contributed by atoms with Gasteiger partial charge in [0, 0.05) is 19.0 Å². The lowest BCUT2D eigenvalue weighted by molar-refractivity contribution is 0.361. The highest BCUT2D eigenvalue weighted by atomic mass is 35.5. The van der Waals surface area contributed by atoms with Crippen LogP contribution in [0, 0.1) is 5.92 Å². The molecule has 1 aliphatic rings. The Morgan fingerprint density at radius 3 is 2.58 bits per heavy atom. The molecule has 1 saturated carbocycles. The van der Waals surface area contributed by atoms with Gasteiger partial charge in [-0.1, -0.05) is 11.6 Å². The standard InChI is InChI=1S/C11H17Cl2N3O2S/c1-16-11(10(13)7-14-16)19(17,18)15-6-8-2-4-9(12)5-3-8/h7-9,15H,2-6H2,1H3. The molecule has 0 atom stereocenters. The van der Waals surface area contributed by atoms with Gasteiger partial charge in [-0.3, -0.25) is 4.68 Å². The van der Waals surface area contributed by atoms with Gasteiger partial charge >= 0.3 is 0 Å². The van der Waals surface area contributed by atoms with Crippen LogP contribution in [0.2, 0.25) is 5.02 Å². The van der Waals surface area contributed by atoms with Gasteiger partial charge in [0.25, 0.3) is 10.0 Å². The second kappa shape index (κ2) is 5.99. The molecule has 1 aromatic heterocycles. The van der Waals surface area contributed by atoms with Crippen LogP contribution in [0.4, 0.5) is 0 Å². The van der Waals surface area contributed by atoms with E-state index in [2.05, 4.69) is 9.82 Å². The highest BCUT2D eigenvalue weighted by Crippen LogP contribution is 2.27. The summed E-state index contributed by atoms with van der Waals surface area (Å²) in [6.45, 7) is 0.424. The van der Waals surface area contributed by atoms with E-state index in [0.29, 0.717) is 12.5 Å². The molecule has 1 fully saturated rings. The summed E-state index contributed by atoms with van der Waals surface area (Å²) >= 11 is 11.9. The Labute approximate surface area is 123 Å². The second-order valence-corrected chi connectivity index (χ2v) is 7.60. The molecule has 19 heavy (non-hydrogen) atoms. The normalized spacial score (nSPS) is 24.6. The monoisotopic (exact) mass is 325 g/mol. The summed E-state index contributed by atoms with van der Waals surface area (Å²) in [4.78, 5) is 0. The SMILES string of the molecule is Cn1ncc(Cl)c1S(=O)(=O)NCC1CCC(Cl)CC1. The van der Waals surface area contributed by atoms with Gasteiger partial charge in [0.15, 0.2) is 5.03 Å². The largest absolute Gasteiger partial charge is 0.259 e. The van der Waals surface area contributed by atoms with Crippen LogP contribution >= 0.6 is 23.2 Å². The fraction of sp³-hybridized carbons (Fsp3) is 0.727. The molecule has 1 N–H and O–H groups in total. The van der Waals surface area contributed by atoms with Crippen LogP contribution in [-0.4, -0.2) is 30.1 Å². The maximum atomic E-state index is 12.2. The molecule has 2 rings (SSSR count). The summed E-state index contributed by atoms with van der Waals surface area (Å²) in [7, 11) is -2.05. The molecule has 1 aliphatic carbocycles. The number of aryl methyl sites for hydroxylation is 1. The van der Waals surface area contributed by atoms with Gasteiger partial charge in [0.05, 0.1) is 11.2 Å². The number of hydrogen-bond donors (Lipinski definition) is 1. The Hall–Kier alpha value is -0.300. The summed E-state index contributed by atoms with van der Waals surface area (Å²) in [5, 5.41) is 4.22. The molecule has 8 heteroatoms. The van der Waals surface area contributed by atoms with Crippen LogP contribution in [0.15, 0.2) is 11.2 Å². The van der Waals surface area contributed by atoms with Crippen molar-refractivity contribution in [1.29, 1.82) is 0 Å². The van der Waals surface area contributed by atoms with Crippen molar-refractivity contribution in [3.63, 3.8) is 0 Å². The van der Waals surface area contributed by atoms with Crippen molar-refractivity contribution >= 4 is 33.2 Å². The Morgan fingerprint density at radius 1 is 1.42 bits per heavy atom. The lowest BCUT2D eigenvalue weighted by Crippen LogP contribution is -2.32. The number of nitrogens with one attached hydrogen (secondary N) is 1. The fourth-order valence-electron chi connectivity index (χ4n) is 2.32. The van der Waals surface area contributed by atoms with E-state index >= 15 is 0 Å². The molecule has 5 nitrogen and oxygen atoms in total. The number of sulfonamides is 1. The molecule has 0 bridgehead atoms. The highest BCUT2D eigenvalue weighted by molar-refractivity contribution is 7.89. The summed E-state index contributed by atoms with van der Waals surface area (Å²) in [5.41, 5.74) is 0. The Kier molecular flexibility index (Phi) is 4.76. The summed E-state index contributed by atoms with van der Waals surface area (Å²) in [6, 6.07) is 0. The van der Waals surface area contributed by atoms with Crippen molar-refractivity contribution in [2.45, 2.75) is 36.1 Å². The molecule has 1 aromatic rings. The smallest absolute Gasteiger partial charge is 0.255 e. The number of halogens is 2. The molecule has 0 amide bonds.